The number of carbonyl (C=O) groups excluding carboxylic acids is 1. The zero-order valence-corrected chi connectivity index (χ0v) is 15.8. The van der Waals surface area contributed by atoms with E-state index in [1.807, 2.05) is 12.1 Å². The Labute approximate surface area is 156 Å². The molecular weight excluding hydrogens is 324 g/mol. The van der Waals surface area contributed by atoms with Crippen LogP contribution >= 0.6 is 0 Å². The summed E-state index contributed by atoms with van der Waals surface area (Å²) in [5.74, 6) is 1.77. The van der Waals surface area contributed by atoms with Crippen molar-refractivity contribution in [2.24, 2.45) is 11.3 Å². The normalized spacial score (nSPS) is 28.2. The molecule has 0 unspecified atom stereocenters. The minimum atomic E-state index is -0.149. The van der Waals surface area contributed by atoms with Crippen LogP contribution in [-0.2, 0) is 11.3 Å². The molecule has 1 aromatic heterocycles. The summed E-state index contributed by atoms with van der Waals surface area (Å²) in [6, 6.07) is 3.99. The lowest BCUT2D eigenvalue weighted by Crippen LogP contribution is -2.51. The molecule has 1 aliphatic carbocycles. The van der Waals surface area contributed by atoms with E-state index in [1.54, 1.807) is 6.20 Å². The van der Waals surface area contributed by atoms with Crippen LogP contribution in [-0.4, -0.2) is 46.9 Å². The van der Waals surface area contributed by atoms with Crippen LogP contribution in [0, 0.1) is 11.3 Å². The summed E-state index contributed by atoms with van der Waals surface area (Å²) in [4.78, 5) is 22.2. The lowest BCUT2D eigenvalue weighted by atomic mass is 9.77. The molecule has 3 fully saturated rings. The molecule has 2 aliphatic heterocycles. The molecule has 3 heterocycles. The monoisotopic (exact) mass is 356 g/mol. The summed E-state index contributed by atoms with van der Waals surface area (Å²) < 4.78 is 0. The average molecular weight is 357 g/mol. The first-order valence-electron chi connectivity index (χ1n) is 10.4. The van der Waals surface area contributed by atoms with Gasteiger partial charge in [-0.25, -0.2) is 4.98 Å². The van der Waals surface area contributed by atoms with Gasteiger partial charge in [0.2, 0.25) is 5.91 Å². The van der Waals surface area contributed by atoms with Gasteiger partial charge in [-0.3, -0.25) is 9.69 Å². The standard InChI is InChI=1S/C21H32N4O/c22-19-18(8-4-11-23-19)15-24-13-10-21(16-24)9-5-12-25(20(21)26)14-17-6-2-1-3-7-17/h4,8,11,17H,1-3,5-7,9-10,12-16H2,(H2,22,23)/t21-/m1/s1. The fourth-order valence-electron chi connectivity index (χ4n) is 5.31. The maximum atomic E-state index is 13.4. The fraction of sp³-hybridized carbons (Fsp3) is 0.714. The van der Waals surface area contributed by atoms with Crippen molar-refractivity contribution in [3.63, 3.8) is 0 Å². The number of aromatic nitrogens is 1. The molecule has 142 valence electrons. The third-order valence-electron chi connectivity index (χ3n) is 6.78. The van der Waals surface area contributed by atoms with E-state index in [0.717, 1.165) is 63.5 Å². The Balaban J connectivity index is 1.39. The average Bonchev–Trinajstić information content (AvgIpc) is 3.06. The number of piperidine rings is 1. The van der Waals surface area contributed by atoms with E-state index in [2.05, 4.69) is 14.8 Å². The molecule has 1 amide bonds. The second kappa shape index (κ2) is 7.55. The van der Waals surface area contributed by atoms with Crippen LogP contribution in [0.4, 0.5) is 5.82 Å². The van der Waals surface area contributed by atoms with Crippen molar-refractivity contribution in [3.8, 4) is 0 Å². The van der Waals surface area contributed by atoms with E-state index in [4.69, 9.17) is 5.73 Å². The molecule has 26 heavy (non-hydrogen) atoms. The summed E-state index contributed by atoms with van der Waals surface area (Å²) in [5, 5.41) is 0. The summed E-state index contributed by atoms with van der Waals surface area (Å²) in [6.45, 7) is 4.62. The highest BCUT2D eigenvalue weighted by Gasteiger charge is 2.48. The fourth-order valence-corrected chi connectivity index (χ4v) is 5.31. The van der Waals surface area contributed by atoms with Gasteiger partial charge in [0.25, 0.3) is 0 Å². The molecule has 1 atom stereocenters. The molecule has 2 saturated heterocycles. The Morgan fingerprint density at radius 3 is 2.81 bits per heavy atom. The van der Waals surface area contributed by atoms with Gasteiger partial charge in [0, 0.05) is 37.9 Å². The summed E-state index contributed by atoms with van der Waals surface area (Å²) in [6.07, 6.45) is 11.6. The Hall–Kier alpha value is -1.62. The Morgan fingerprint density at radius 2 is 2.00 bits per heavy atom. The van der Waals surface area contributed by atoms with Gasteiger partial charge in [-0.15, -0.1) is 0 Å². The van der Waals surface area contributed by atoms with Crippen molar-refractivity contribution in [1.29, 1.82) is 0 Å². The lowest BCUT2D eigenvalue weighted by molar-refractivity contribution is -0.146. The van der Waals surface area contributed by atoms with Gasteiger partial charge in [0.1, 0.15) is 5.82 Å². The number of carbonyl (C=O) groups is 1. The van der Waals surface area contributed by atoms with E-state index in [-0.39, 0.29) is 5.41 Å². The quantitative estimate of drug-likeness (QED) is 0.901. The smallest absolute Gasteiger partial charge is 0.230 e. The molecule has 5 heteroatoms. The minimum absolute atomic E-state index is 0.149. The van der Waals surface area contributed by atoms with E-state index in [1.165, 1.54) is 32.1 Å². The van der Waals surface area contributed by atoms with Gasteiger partial charge in [-0.05, 0) is 50.6 Å². The second-order valence-electron chi connectivity index (χ2n) is 8.65. The van der Waals surface area contributed by atoms with Gasteiger partial charge in [-0.2, -0.15) is 0 Å². The maximum absolute atomic E-state index is 13.4. The largest absolute Gasteiger partial charge is 0.383 e. The third-order valence-corrected chi connectivity index (χ3v) is 6.78. The predicted octanol–water partition coefficient (Wildman–Crippen LogP) is 3.06. The topological polar surface area (TPSA) is 62.5 Å². The molecule has 0 bridgehead atoms. The molecule has 5 nitrogen and oxygen atoms in total. The maximum Gasteiger partial charge on any atom is 0.230 e. The van der Waals surface area contributed by atoms with E-state index >= 15 is 0 Å². The number of amides is 1. The van der Waals surface area contributed by atoms with Crippen molar-refractivity contribution in [2.45, 2.75) is 57.9 Å². The van der Waals surface area contributed by atoms with Crippen LogP contribution in [0.5, 0.6) is 0 Å². The Bertz CT molecular complexity index is 643. The van der Waals surface area contributed by atoms with Crippen molar-refractivity contribution in [2.75, 3.05) is 31.9 Å². The Morgan fingerprint density at radius 1 is 1.15 bits per heavy atom. The highest BCUT2D eigenvalue weighted by atomic mass is 16.2. The summed E-state index contributed by atoms with van der Waals surface area (Å²) in [7, 11) is 0. The minimum Gasteiger partial charge on any atom is -0.383 e. The molecule has 0 aromatic carbocycles. The van der Waals surface area contributed by atoms with Crippen LogP contribution in [0.15, 0.2) is 18.3 Å². The highest BCUT2D eigenvalue weighted by molar-refractivity contribution is 5.84. The number of nitrogens with zero attached hydrogens (tertiary/aromatic N) is 3. The van der Waals surface area contributed by atoms with Crippen molar-refractivity contribution in [3.05, 3.63) is 23.9 Å². The summed E-state index contributed by atoms with van der Waals surface area (Å²) >= 11 is 0. The molecule has 1 spiro atoms. The first-order valence-corrected chi connectivity index (χ1v) is 10.4. The Kier molecular flexibility index (Phi) is 5.16. The number of hydrogen-bond acceptors (Lipinski definition) is 4. The first kappa shape index (κ1) is 17.8. The zero-order valence-electron chi connectivity index (χ0n) is 15.8. The molecule has 4 rings (SSSR count). The number of rotatable bonds is 4. The van der Waals surface area contributed by atoms with Crippen molar-refractivity contribution >= 4 is 11.7 Å². The van der Waals surface area contributed by atoms with Crippen LogP contribution in [0.25, 0.3) is 0 Å². The second-order valence-corrected chi connectivity index (χ2v) is 8.65. The van der Waals surface area contributed by atoms with Crippen molar-refractivity contribution in [1.82, 2.24) is 14.8 Å². The molecular formula is C21H32N4O. The number of nitrogens with two attached hydrogens (primary N) is 1. The third kappa shape index (κ3) is 3.59. The lowest BCUT2D eigenvalue weighted by Gasteiger charge is -2.41. The van der Waals surface area contributed by atoms with Gasteiger partial charge in [0.15, 0.2) is 0 Å². The predicted molar refractivity (Wildman–Crippen MR) is 103 cm³/mol. The van der Waals surface area contributed by atoms with Crippen LogP contribution in [0.3, 0.4) is 0 Å². The first-order chi connectivity index (χ1) is 12.7. The van der Waals surface area contributed by atoms with Crippen LogP contribution < -0.4 is 5.73 Å². The van der Waals surface area contributed by atoms with E-state index in [0.29, 0.717) is 11.7 Å². The number of anilines is 1. The molecule has 1 aromatic rings. The van der Waals surface area contributed by atoms with Crippen LogP contribution in [0.2, 0.25) is 0 Å². The van der Waals surface area contributed by atoms with Gasteiger partial charge >= 0.3 is 0 Å². The summed E-state index contributed by atoms with van der Waals surface area (Å²) in [5.41, 5.74) is 6.94. The molecule has 3 aliphatic rings. The molecule has 0 radical (unpaired) electrons. The number of nitrogen functional groups attached to an aromatic ring is 1. The van der Waals surface area contributed by atoms with Crippen LogP contribution in [0.1, 0.15) is 56.9 Å². The van der Waals surface area contributed by atoms with Gasteiger partial charge in [-0.1, -0.05) is 25.3 Å². The number of pyridine rings is 1. The van der Waals surface area contributed by atoms with Crippen molar-refractivity contribution < 1.29 is 4.79 Å². The highest BCUT2D eigenvalue weighted by Crippen LogP contribution is 2.41. The van der Waals surface area contributed by atoms with Gasteiger partial charge in [0.05, 0.1) is 5.41 Å². The van der Waals surface area contributed by atoms with E-state index < -0.39 is 0 Å². The van der Waals surface area contributed by atoms with E-state index in [9.17, 15) is 4.79 Å². The van der Waals surface area contributed by atoms with Gasteiger partial charge < -0.3 is 10.6 Å². The molecule has 2 N–H and O–H groups in total. The molecule has 1 saturated carbocycles. The zero-order chi connectivity index (χ0) is 18.0. The number of likely N-dealkylation sites (tertiary alicyclic amines) is 2. The SMILES string of the molecule is Nc1ncccc1CN1CC[C@]2(CCCN(CC3CCCCC3)C2=O)C1. The number of hydrogen-bond donors (Lipinski definition) is 1.